The zero-order valence-electron chi connectivity index (χ0n) is 11.3. The van der Waals surface area contributed by atoms with Gasteiger partial charge in [-0.15, -0.1) is 0 Å². The van der Waals surface area contributed by atoms with Crippen molar-refractivity contribution < 1.29 is 0 Å². The van der Waals surface area contributed by atoms with Crippen LogP contribution in [0.15, 0.2) is 18.3 Å². The minimum Gasteiger partial charge on any atom is -0.388 e. The number of hydrogen-bond donors (Lipinski definition) is 2. The van der Waals surface area contributed by atoms with Crippen LogP contribution in [0.2, 0.25) is 0 Å². The van der Waals surface area contributed by atoms with Gasteiger partial charge in [-0.2, -0.15) is 0 Å². The monoisotopic (exact) mass is 266 g/mol. The Balaban J connectivity index is 2.51. The molecule has 4 nitrogen and oxygen atoms in total. The number of hydrogen-bond acceptors (Lipinski definition) is 4. The highest BCUT2D eigenvalue weighted by atomic mass is 32.1. The highest BCUT2D eigenvalue weighted by molar-refractivity contribution is 7.80. The second-order valence-electron chi connectivity index (χ2n) is 4.43. The van der Waals surface area contributed by atoms with Crippen LogP contribution in [0.25, 0.3) is 0 Å². The summed E-state index contributed by atoms with van der Waals surface area (Å²) in [7, 11) is 2.13. The number of rotatable bonds is 7. The van der Waals surface area contributed by atoms with Crippen molar-refractivity contribution >= 4 is 22.9 Å². The van der Waals surface area contributed by atoms with Crippen molar-refractivity contribution in [2.75, 3.05) is 25.5 Å². The van der Waals surface area contributed by atoms with E-state index >= 15 is 0 Å². The maximum atomic E-state index is 5.63. The van der Waals surface area contributed by atoms with Crippen molar-refractivity contribution in [3.8, 4) is 0 Å². The lowest BCUT2D eigenvalue weighted by molar-refractivity contribution is 0.261. The number of nitrogens with zero attached hydrogens (tertiary/aromatic N) is 2. The van der Waals surface area contributed by atoms with E-state index in [0.717, 1.165) is 25.2 Å². The van der Waals surface area contributed by atoms with E-state index in [-0.39, 0.29) is 0 Å². The summed E-state index contributed by atoms with van der Waals surface area (Å²) in [6.45, 7) is 6.24. The molecule has 0 aliphatic heterocycles. The summed E-state index contributed by atoms with van der Waals surface area (Å²) >= 11 is 4.98. The molecule has 1 heterocycles. The summed E-state index contributed by atoms with van der Waals surface area (Å²) < 4.78 is 0. The molecule has 0 fully saturated rings. The van der Waals surface area contributed by atoms with Gasteiger partial charge in [0.05, 0.1) is 5.69 Å². The third kappa shape index (κ3) is 4.23. The van der Waals surface area contributed by atoms with Gasteiger partial charge in [0, 0.05) is 25.3 Å². The Hall–Kier alpha value is -1.20. The van der Waals surface area contributed by atoms with E-state index in [0.29, 0.717) is 16.7 Å². The second kappa shape index (κ2) is 7.28. The molecule has 5 heteroatoms. The van der Waals surface area contributed by atoms with Crippen LogP contribution in [0.4, 0.5) is 5.69 Å². The zero-order chi connectivity index (χ0) is 13.5. The lowest BCUT2D eigenvalue weighted by Crippen LogP contribution is -2.33. The molecule has 1 unspecified atom stereocenters. The first-order valence-corrected chi connectivity index (χ1v) is 6.66. The summed E-state index contributed by atoms with van der Waals surface area (Å²) in [5, 5.41) is 3.33. The molecule has 0 radical (unpaired) electrons. The lowest BCUT2D eigenvalue weighted by atomic mass is 10.2. The van der Waals surface area contributed by atoms with Crippen LogP contribution in [0.1, 0.15) is 26.0 Å². The van der Waals surface area contributed by atoms with Crippen LogP contribution in [-0.2, 0) is 0 Å². The van der Waals surface area contributed by atoms with Gasteiger partial charge in [0.2, 0.25) is 0 Å². The number of anilines is 1. The van der Waals surface area contributed by atoms with Crippen molar-refractivity contribution in [3.63, 3.8) is 0 Å². The molecule has 1 aromatic rings. The van der Waals surface area contributed by atoms with E-state index in [2.05, 4.69) is 36.1 Å². The first kappa shape index (κ1) is 14.9. The Bertz CT molecular complexity index is 394. The lowest BCUT2D eigenvalue weighted by Gasteiger charge is -2.23. The van der Waals surface area contributed by atoms with Crippen LogP contribution in [-0.4, -0.2) is 41.1 Å². The molecule has 0 amide bonds. The summed E-state index contributed by atoms with van der Waals surface area (Å²) in [6.07, 6.45) is 2.85. The van der Waals surface area contributed by atoms with Gasteiger partial charge >= 0.3 is 0 Å². The highest BCUT2D eigenvalue weighted by Crippen LogP contribution is 2.11. The molecule has 0 aliphatic rings. The van der Waals surface area contributed by atoms with Gasteiger partial charge in [-0.3, -0.25) is 4.98 Å². The fourth-order valence-corrected chi connectivity index (χ4v) is 1.81. The van der Waals surface area contributed by atoms with Crippen molar-refractivity contribution in [2.45, 2.75) is 26.3 Å². The van der Waals surface area contributed by atoms with Gasteiger partial charge in [0.25, 0.3) is 0 Å². The molecule has 0 saturated heterocycles. The molecular weight excluding hydrogens is 244 g/mol. The Labute approximate surface area is 115 Å². The third-order valence-corrected chi connectivity index (χ3v) is 3.36. The first-order valence-electron chi connectivity index (χ1n) is 6.25. The maximum Gasteiger partial charge on any atom is 0.124 e. The quantitative estimate of drug-likeness (QED) is 0.738. The van der Waals surface area contributed by atoms with E-state index < -0.39 is 0 Å². The maximum absolute atomic E-state index is 5.63. The number of pyridine rings is 1. The van der Waals surface area contributed by atoms with E-state index in [4.69, 9.17) is 18.0 Å². The van der Waals surface area contributed by atoms with Gasteiger partial charge in [-0.1, -0.05) is 19.1 Å². The van der Waals surface area contributed by atoms with E-state index in [1.807, 2.05) is 12.1 Å². The predicted octanol–water partition coefficient (Wildman–Crippen LogP) is 1.86. The smallest absolute Gasteiger partial charge is 0.124 e. The summed E-state index contributed by atoms with van der Waals surface area (Å²) in [4.78, 5) is 6.84. The Morgan fingerprint density at radius 2 is 2.33 bits per heavy atom. The van der Waals surface area contributed by atoms with Crippen LogP contribution < -0.4 is 11.1 Å². The summed E-state index contributed by atoms with van der Waals surface area (Å²) in [6, 6.07) is 4.42. The molecule has 0 saturated carbocycles. The zero-order valence-corrected chi connectivity index (χ0v) is 12.1. The topological polar surface area (TPSA) is 54.2 Å². The molecule has 0 aromatic carbocycles. The Morgan fingerprint density at radius 3 is 2.94 bits per heavy atom. The molecule has 3 N–H and O–H groups in total. The van der Waals surface area contributed by atoms with Crippen LogP contribution >= 0.6 is 12.2 Å². The van der Waals surface area contributed by atoms with Crippen molar-refractivity contribution in [1.82, 2.24) is 9.88 Å². The molecule has 100 valence electrons. The first-order chi connectivity index (χ1) is 8.56. The van der Waals surface area contributed by atoms with Crippen molar-refractivity contribution in [3.05, 3.63) is 24.0 Å². The molecule has 1 rings (SSSR count). The van der Waals surface area contributed by atoms with Gasteiger partial charge in [0.1, 0.15) is 10.7 Å². The van der Waals surface area contributed by atoms with Gasteiger partial charge in [-0.25, -0.2) is 0 Å². The number of nitrogens with two attached hydrogens (primary N) is 1. The molecule has 0 bridgehead atoms. The predicted molar refractivity (Wildman–Crippen MR) is 81.0 cm³/mol. The minimum absolute atomic E-state index is 0.327. The normalized spacial score (nSPS) is 12.4. The van der Waals surface area contributed by atoms with Crippen molar-refractivity contribution in [2.24, 2.45) is 5.73 Å². The highest BCUT2D eigenvalue weighted by Gasteiger charge is 2.08. The van der Waals surface area contributed by atoms with E-state index in [9.17, 15) is 0 Å². The standard InChI is InChI=1S/C13H22N4S/c1-4-10(2)17(3)9-8-15-11-6-5-7-16-12(11)13(14)18/h5-7,10,15H,4,8-9H2,1-3H3,(H2,14,18). The van der Waals surface area contributed by atoms with Gasteiger partial charge < -0.3 is 16.0 Å². The molecule has 1 aromatic heterocycles. The fraction of sp³-hybridized carbons (Fsp3) is 0.538. The molecule has 0 aliphatic carbocycles. The fourth-order valence-electron chi connectivity index (χ4n) is 1.64. The van der Waals surface area contributed by atoms with Crippen LogP contribution in [0.5, 0.6) is 0 Å². The Kier molecular flexibility index (Phi) is 6.01. The number of thiocarbonyl (C=S) groups is 1. The van der Waals surface area contributed by atoms with E-state index in [1.54, 1.807) is 6.20 Å². The molecule has 1 atom stereocenters. The molecule has 18 heavy (non-hydrogen) atoms. The van der Waals surface area contributed by atoms with Crippen LogP contribution in [0, 0.1) is 0 Å². The minimum atomic E-state index is 0.327. The Morgan fingerprint density at radius 1 is 1.61 bits per heavy atom. The largest absolute Gasteiger partial charge is 0.388 e. The average Bonchev–Trinajstić information content (AvgIpc) is 2.38. The molecular formula is C13H22N4S. The van der Waals surface area contributed by atoms with Gasteiger partial charge in [0.15, 0.2) is 0 Å². The average molecular weight is 266 g/mol. The van der Waals surface area contributed by atoms with Crippen molar-refractivity contribution in [1.29, 1.82) is 0 Å². The van der Waals surface area contributed by atoms with Gasteiger partial charge in [-0.05, 0) is 32.5 Å². The summed E-state index contributed by atoms with van der Waals surface area (Å²) in [5.41, 5.74) is 7.20. The van der Waals surface area contributed by atoms with Crippen LogP contribution in [0.3, 0.4) is 0 Å². The number of nitrogens with one attached hydrogen (secondary N) is 1. The second-order valence-corrected chi connectivity index (χ2v) is 4.87. The SMILES string of the molecule is CCC(C)N(C)CCNc1cccnc1C(N)=S. The third-order valence-electron chi connectivity index (χ3n) is 3.16. The van der Waals surface area contributed by atoms with E-state index in [1.165, 1.54) is 0 Å². The number of aromatic nitrogens is 1. The molecule has 0 spiro atoms. The summed E-state index contributed by atoms with van der Waals surface area (Å²) in [5.74, 6) is 0. The number of likely N-dealkylation sites (N-methyl/N-ethyl adjacent to an activating group) is 1.